The van der Waals surface area contributed by atoms with Crippen LogP contribution < -0.4 is 24.3 Å². The van der Waals surface area contributed by atoms with Gasteiger partial charge in [0.25, 0.3) is 0 Å². The Labute approximate surface area is 251 Å². The molecule has 43 heavy (non-hydrogen) atoms. The zero-order chi connectivity index (χ0) is 31.3. The fraction of sp³-hybridized carbons (Fsp3) is 0.424. The lowest BCUT2D eigenvalue weighted by molar-refractivity contribution is -0.141. The molecule has 2 atom stereocenters. The van der Waals surface area contributed by atoms with Gasteiger partial charge in [0.05, 0.1) is 39.6 Å². The third-order valence-electron chi connectivity index (χ3n) is 7.47. The van der Waals surface area contributed by atoms with E-state index in [0.29, 0.717) is 46.1 Å². The quantitative estimate of drug-likeness (QED) is 0.217. The first-order valence-corrected chi connectivity index (χ1v) is 14.2. The van der Waals surface area contributed by atoms with E-state index >= 15 is 0 Å². The molecule has 1 aliphatic carbocycles. The summed E-state index contributed by atoms with van der Waals surface area (Å²) in [5, 5.41) is 3.35. The van der Waals surface area contributed by atoms with Gasteiger partial charge in [0.1, 0.15) is 6.61 Å². The van der Waals surface area contributed by atoms with Crippen molar-refractivity contribution in [3.05, 3.63) is 70.1 Å². The van der Waals surface area contributed by atoms with Crippen LogP contribution in [0, 0.1) is 0 Å². The zero-order valence-corrected chi connectivity index (χ0v) is 25.7. The summed E-state index contributed by atoms with van der Waals surface area (Å²) in [6.07, 6.45) is 0.772. The zero-order valence-electron chi connectivity index (χ0n) is 25.7. The topological polar surface area (TPSA) is 119 Å². The monoisotopic (exact) mass is 593 g/mol. The number of rotatable bonds is 11. The largest absolute Gasteiger partial charge is 0.493 e. The van der Waals surface area contributed by atoms with Crippen molar-refractivity contribution >= 4 is 17.7 Å². The SMILES string of the molecule is COc1ccc([C@H]2CC(=O)C3=C(C2)NC(C)=C(C(=O)OCCOC(C)C)[C@@H]3c2ccc(OC(C)=O)c(OC)c2)cc1OC. The predicted octanol–water partition coefficient (Wildman–Crippen LogP) is 4.97. The molecule has 230 valence electrons. The number of methoxy groups -OCH3 is 3. The molecule has 0 radical (unpaired) electrons. The van der Waals surface area contributed by atoms with Crippen LogP contribution in [0.5, 0.6) is 23.0 Å². The Morgan fingerprint density at radius 3 is 2.16 bits per heavy atom. The third kappa shape index (κ3) is 7.02. The number of Topliss-reactive ketones (excluding diaryl/α,β-unsaturated/α-hetero) is 1. The van der Waals surface area contributed by atoms with Gasteiger partial charge in [0, 0.05) is 36.2 Å². The van der Waals surface area contributed by atoms with Gasteiger partial charge in [0.15, 0.2) is 28.8 Å². The highest BCUT2D eigenvalue weighted by Crippen LogP contribution is 2.47. The predicted molar refractivity (Wildman–Crippen MR) is 158 cm³/mol. The van der Waals surface area contributed by atoms with Crippen LogP contribution in [-0.2, 0) is 23.9 Å². The van der Waals surface area contributed by atoms with Crippen LogP contribution in [0.2, 0.25) is 0 Å². The van der Waals surface area contributed by atoms with Gasteiger partial charge in [-0.1, -0.05) is 12.1 Å². The van der Waals surface area contributed by atoms with E-state index in [1.807, 2.05) is 32.0 Å². The van der Waals surface area contributed by atoms with E-state index in [2.05, 4.69) is 5.32 Å². The molecule has 0 saturated carbocycles. The summed E-state index contributed by atoms with van der Waals surface area (Å²) in [6, 6.07) is 10.7. The van der Waals surface area contributed by atoms with Crippen LogP contribution in [0.3, 0.4) is 0 Å². The maximum atomic E-state index is 14.0. The molecule has 10 heteroatoms. The molecule has 0 saturated heterocycles. The van der Waals surface area contributed by atoms with Gasteiger partial charge in [0.2, 0.25) is 0 Å². The van der Waals surface area contributed by atoms with Crippen LogP contribution in [0.4, 0.5) is 0 Å². The van der Waals surface area contributed by atoms with E-state index in [1.165, 1.54) is 14.0 Å². The molecule has 0 unspecified atom stereocenters. The molecule has 1 heterocycles. The van der Waals surface area contributed by atoms with Gasteiger partial charge in [-0.15, -0.1) is 0 Å². The first-order chi connectivity index (χ1) is 20.6. The van der Waals surface area contributed by atoms with Crippen molar-refractivity contribution in [2.24, 2.45) is 0 Å². The lowest BCUT2D eigenvalue weighted by Gasteiger charge is -2.37. The Bertz CT molecular complexity index is 1460. The number of hydrogen-bond acceptors (Lipinski definition) is 10. The summed E-state index contributed by atoms with van der Waals surface area (Å²) < 4.78 is 32.8. The Kier molecular flexibility index (Phi) is 10.1. The Morgan fingerprint density at radius 2 is 1.51 bits per heavy atom. The maximum Gasteiger partial charge on any atom is 0.336 e. The highest BCUT2D eigenvalue weighted by Gasteiger charge is 2.42. The van der Waals surface area contributed by atoms with Crippen molar-refractivity contribution in [3.8, 4) is 23.0 Å². The molecule has 1 N–H and O–H groups in total. The summed E-state index contributed by atoms with van der Waals surface area (Å²) in [7, 11) is 4.61. The van der Waals surface area contributed by atoms with Crippen LogP contribution in [0.25, 0.3) is 0 Å². The van der Waals surface area contributed by atoms with E-state index in [0.717, 1.165) is 11.3 Å². The van der Waals surface area contributed by atoms with Crippen molar-refractivity contribution in [1.29, 1.82) is 0 Å². The standard InChI is InChI=1S/C33H39NO9/c1-18(2)41-12-13-42-33(37)30-19(3)34-24-14-23(21-8-10-26(38-5)28(16-21)39-6)15-25(36)32(24)31(30)22-9-11-27(43-20(4)35)29(17-22)40-7/h8-11,16-18,23,31,34H,12-15H2,1-7H3/t23-,31+/m1/s1. The van der Waals surface area contributed by atoms with Crippen molar-refractivity contribution < 1.29 is 42.8 Å². The number of ether oxygens (including phenoxy) is 6. The Hall–Kier alpha value is -4.31. The molecular formula is C33H39NO9. The highest BCUT2D eigenvalue weighted by atomic mass is 16.6. The number of esters is 2. The summed E-state index contributed by atoms with van der Waals surface area (Å²) in [6.45, 7) is 7.22. The van der Waals surface area contributed by atoms with Crippen LogP contribution in [0.15, 0.2) is 58.9 Å². The lowest BCUT2D eigenvalue weighted by Crippen LogP contribution is -2.36. The molecule has 1 aliphatic heterocycles. The molecule has 0 aromatic heterocycles. The Morgan fingerprint density at radius 1 is 0.884 bits per heavy atom. The molecule has 0 spiro atoms. The summed E-state index contributed by atoms with van der Waals surface area (Å²) in [4.78, 5) is 39.2. The number of carbonyl (C=O) groups is 3. The Balaban J connectivity index is 1.75. The molecule has 4 rings (SSSR count). The second-order valence-electron chi connectivity index (χ2n) is 10.7. The summed E-state index contributed by atoms with van der Waals surface area (Å²) >= 11 is 0. The molecule has 10 nitrogen and oxygen atoms in total. The van der Waals surface area contributed by atoms with E-state index in [1.54, 1.807) is 39.3 Å². The number of nitrogens with one attached hydrogen (secondary N) is 1. The number of allylic oxidation sites excluding steroid dienone is 3. The number of benzene rings is 2. The highest BCUT2D eigenvalue weighted by molar-refractivity contribution is 6.04. The molecule has 0 fully saturated rings. The fourth-order valence-electron chi connectivity index (χ4n) is 5.58. The average Bonchev–Trinajstić information content (AvgIpc) is 2.97. The van der Waals surface area contributed by atoms with E-state index in [9.17, 15) is 14.4 Å². The fourth-order valence-corrected chi connectivity index (χ4v) is 5.58. The third-order valence-corrected chi connectivity index (χ3v) is 7.47. The smallest absolute Gasteiger partial charge is 0.336 e. The number of ketones is 1. The first-order valence-electron chi connectivity index (χ1n) is 14.2. The number of dihydropyridines is 1. The van der Waals surface area contributed by atoms with Gasteiger partial charge >= 0.3 is 11.9 Å². The van der Waals surface area contributed by atoms with Crippen molar-refractivity contribution in [3.63, 3.8) is 0 Å². The van der Waals surface area contributed by atoms with Gasteiger partial charge < -0.3 is 33.7 Å². The molecule has 2 aliphatic rings. The minimum absolute atomic E-state index is 0.00172. The second kappa shape index (κ2) is 13.8. The molecule has 0 bridgehead atoms. The summed E-state index contributed by atoms with van der Waals surface area (Å²) in [5.41, 5.74) is 3.71. The van der Waals surface area contributed by atoms with Crippen LogP contribution in [-0.4, -0.2) is 58.4 Å². The van der Waals surface area contributed by atoms with Crippen LogP contribution in [0.1, 0.15) is 63.5 Å². The minimum Gasteiger partial charge on any atom is -0.493 e. The van der Waals surface area contributed by atoms with E-state index in [-0.39, 0.29) is 43.2 Å². The summed E-state index contributed by atoms with van der Waals surface area (Å²) in [5.74, 6) is -0.250. The second-order valence-corrected chi connectivity index (χ2v) is 10.7. The molecule has 2 aromatic rings. The van der Waals surface area contributed by atoms with Gasteiger partial charge in [-0.25, -0.2) is 4.79 Å². The van der Waals surface area contributed by atoms with Gasteiger partial charge in [-0.2, -0.15) is 0 Å². The molecule has 0 amide bonds. The first kappa shape index (κ1) is 31.6. The van der Waals surface area contributed by atoms with Crippen LogP contribution >= 0.6 is 0 Å². The van der Waals surface area contributed by atoms with E-state index < -0.39 is 17.9 Å². The van der Waals surface area contributed by atoms with Crippen molar-refractivity contribution in [2.45, 2.75) is 58.5 Å². The van der Waals surface area contributed by atoms with Gasteiger partial charge in [-0.3, -0.25) is 9.59 Å². The normalized spacial score (nSPS) is 18.2. The van der Waals surface area contributed by atoms with Gasteiger partial charge in [-0.05, 0) is 68.5 Å². The molecular weight excluding hydrogens is 554 g/mol. The average molecular weight is 594 g/mol. The number of carbonyl (C=O) groups excluding carboxylic acids is 3. The van der Waals surface area contributed by atoms with Crippen molar-refractivity contribution in [1.82, 2.24) is 5.32 Å². The number of hydrogen-bond donors (Lipinski definition) is 1. The lowest BCUT2D eigenvalue weighted by atomic mass is 9.71. The minimum atomic E-state index is -0.728. The van der Waals surface area contributed by atoms with Crippen molar-refractivity contribution in [2.75, 3.05) is 34.5 Å². The maximum absolute atomic E-state index is 14.0. The molecule has 2 aromatic carbocycles. The van der Waals surface area contributed by atoms with E-state index in [4.69, 9.17) is 28.4 Å².